The highest BCUT2D eigenvalue weighted by Crippen LogP contribution is 2.12. The van der Waals surface area contributed by atoms with Crippen molar-refractivity contribution in [3.05, 3.63) is 106 Å². The first-order chi connectivity index (χ1) is 64.6. The molecule has 0 unspecified atom stereocenters. The van der Waals surface area contributed by atoms with E-state index in [0.29, 0.717) is 0 Å². The van der Waals surface area contributed by atoms with Gasteiger partial charge in [0.15, 0.2) is 0 Å². The van der Waals surface area contributed by atoms with Crippen molar-refractivity contribution in [2.24, 2.45) is 0 Å². The van der Waals surface area contributed by atoms with E-state index in [-0.39, 0.29) is 0 Å². The van der Waals surface area contributed by atoms with Gasteiger partial charge in [0, 0.05) is 110 Å². The molecule has 0 N–H and O–H groups in total. The Morgan fingerprint density at radius 2 is 0.293 bits per heavy atom. The molecule has 0 spiro atoms. The summed E-state index contributed by atoms with van der Waals surface area (Å²) >= 11 is 0. The molecule has 0 radical (unpaired) electrons. The van der Waals surface area contributed by atoms with E-state index in [2.05, 4.69) is 264 Å². The van der Waals surface area contributed by atoms with Crippen LogP contribution in [0.5, 0.6) is 0 Å². The van der Waals surface area contributed by atoms with E-state index in [1.807, 2.05) is 6.92 Å². The highest BCUT2D eigenvalue weighted by atomic mass is 16.5. The summed E-state index contributed by atoms with van der Waals surface area (Å²) in [5.74, 6) is 0. The van der Waals surface area contributed by atoms with Gasteiger partial charge in [-0.15, -0.1) is 0 Å². The number of hydrogen-bond donors (Lipinski definition) is 0. The summed E-state index contributed by atoms with van der Waals surface area (Å²) in [6.45, 7) is 68.6. The largest absolute Gasteiger partial charge is 0.385 e. The standard InChI is InChI=1S/C10H22O.C10H22.C9H20O.C9H20.C8H18O.3C8H10.C8H18.C7H16O.C7H16.C6H14O.C6H14.C5H12O.C5H12.C4H10O.C4H10.C3H8O/c1-3-4-5-6-7-8-9-10-11-2;1-3-5-7-9-10-8-6-4-2;1-3-4-5-6-7-8-9-10-2;1-3-5-7-9-8-6-4-2;1-3-4-5-6-7-8-9-2;1-7-3-5-8(2)6-4-7;1-7-4-3-5-8(2)6-7;1-7-5-3-4-6-8(7)2;1-3-5-7-8-6-4-2;1-3-4-5-6-7-8-2;1-3-5-7-6-4-2;1-3-4-5-6-7-2;1-3-5-6-4-2;1-3-4-5-6-2;1-3-5-4-2;1-3-4-5-2;2*1-3-4-2/h3-10H2,1-2H3;3-10H2,1-2H3;3-9H2,1-2H3;3-9H2,1-2H3;3-8H2,1-2H3;3*3-6H,1-2H3;3-8H2,1-2H3;3-7H2,1-2H3;3-7H2,1-2H3;3-6H2,1-2H3;3-6H2,1-2H3;3-5H2,1-2H3;3-5H2,1-2H3;3-4H2,1-2H3;3-4H2,1-2H3;3H2,1-2H3. The third-order valence-electron chi connectivity index (χ3n) is 21.0. The molecule has 0 aliphatic carbocycles. The molecule has 0 aliphatic heterocycles. The Balaban J connectivity index is -0.0000000857. The second-order valence-electron chi connectivity index (χ2n) is 35.8. The molecule has 8 heteroatoms. The third-order valence-corrected chi connectivity index (χ3v) is 21.0. The molecule has 0 fully saturated rings. The molecule has 3 aromatic carbocycles. The summed E-state index contributed by atoms with van der Waals surface area (Å²) in [7, 11) is 13.9. The molecule has 0 saturated carbocycles. The molecule has 3 aromatic rings. The normalized spacial score (nSPS) is 9.47. The van der Waals surface area contributed by atoms with Crippen molar-refractivity contribution in [3.63, 3.8) is 0 Å². The molecule has 810 valence electrons. The van der Waals surface area contributed by atoms with Gasteiger partial charge in [0.05, 0.1) is 0 Å². The van der Waals surface area contributed by atoms with Crippen molar-refractivity contribution in [1.29, 1.82) is 0 Å². The van der Waals surface area contributed by atoms with E-state index >= 15 is 0 Å². The molecule has 0 heterocycles. The van der Waals surface area contributed by atoms with Gasteiger partial charge in [0.2, 0.25) is 0 Å². The monoisotopic (exact) mass is 1890 g/mol. The smallest absolute Gasteiger partial charge is 0.0462 e. The first-order valence-corrected chi connectivity index (χ1v) is 57.6. The van der Waals surface area contributed by atoms with Crippen molar-refractivity contribution in [2.75, 3.05) is 110 Å². The number of ether oxygens (including phenoxy) is 8. The van der Waals surface area contributed by atoms with Crippen LogP contribution in [0.2, 0.25) is 0 Å². The lowest BCUT2D eigenvalue weighted by Gasteiger charge is -1.99. The van der Waals surface area contributed by atoms with Crippen molar-refractivity contribution < 1.29 is 37.9 Å². The molecule has 8 nitrogen and oxygen atoms in total. The number of hydrogen-bond acceptors (Lipinski definition) is 8. The maximum Gasteiger partial charge on any atom is 0.0462 e. The van der Waals surface area contributed by atoms with Crippen LogP contribution in [0.15, 0.2) is 72.8 Å². The molecule has 0 atom stereocenters. The predicted molar refractivity (Wildman–Crippen MR) is 618 cm³/mol. The van der Waals surface area contributed by atoms with E-state index in [1.54, 1.807) is 56.9 Å². The lowest BCUT2D eigenvalue weighted by molar-refractivity contribution is 0.192. The van der Waals surface area contributed by atoms with Crippen LogP contribution < -0.4 is 0 Å². The molecule has 0 saturated heterocycles. The number of methoxy groups -OCH3 is 8. The Labute approximate surface area is 847 Å². The van der Waals surface area contributed by atoms with Crippen LogP contribution in [0.3, 0.4) is 0 Å². The second kappa shape index (κ2) is 188. The maximum atomic E-state index is 4.97. The van der Waals surface area contributed by atoms with Gasteiger partial charge < -0.3 is 37.9 Å². The quantitative estimate of drug-likeness (QED) is 0.0518. The molecule has 0 amide bonds. The highest BCUT2D eigenvalue weighted by Gasteiger charge is 1.94. The number of benzene rings is 3. The van der Waals surface area contributed by atoms with Gasteiger partial charge in [0.25, 0.3) is 0 Å². The fraction of sp³-hybridized carbons (Fsp3) is 0.856. The summed E-state index contributed by atoms with van der Waals surface area (Å²) in [6, 6.07) is 25.3. The average molecular weight is 1890 g/mol. The van der Waals surface area contributed by atoms with E-state index in [9.17, 15) is 0 Å². The minimum absolute atomic E-state index is 0.819. The van der Waals surface area contributed by atoms with Crippen LogP contribution >= 0.6 is 0 Å². The topological polar surface area (TPSA) is 73.8 Å². The fourth-order valence-corrected chi connectivity index (χ4v) is 11.5. The Bertz CT molecular complexity index is 1850. The van der Waals surface area contributed by atoms with Gasteiger partial charge in [-0.3, -0.25) is 0 Å². The van der Waals surface area contributed by atoms with Crippen molar-refractivity contribution in [2.45, 2.75) is 598 Å². The number of rotatable bonds is 64. The molecule has 0 aliphatic rings. The SMILES string of the molecule is CCCC.CCCCC.CCCCCC.CCCCCCC.CCCCCCCC.CCCCCCCCC.CCCCCCCCCC.CCCCCCCCCOC.CCCCCCCCOC.CCCCCCCOC.CCCCCCOC.CCCCCOC.CCCCOC.CCCOC.CCOC.Cc1ccc(C)cc1.Cc1cccc(C)c1.Cc1ccccc1C. The van der Waals surface area contributed by atoms with Crippen LogP contribution in [-0.2, 0) is 37.9 Å². The summed E-state index contributed by atoms with van der Waals surface area (Å²) in [4.78, 5) is 0. The summed E-state index contributed by atoms with van der Waals surface area (Å²) in [6.07, 6.45) is 86.0. The Morgan fingerprint density at radius 1 is 0.135 bits per heavy atom. The number of unbranched alkanes of at least 4 members (excludes halogenated alkanes) is 49. The zero-order chi connectivity index (χ0) is 104. The molecule has 0 bridgehead atoms. The van der Waals surface area contributed by atoms with Crippen LogP contribution in [-0.4, -0.2) is 110 Å². The first kappa shape index (κ1) is 164. The molecule has 0 aromatic heterocycles. The van der Waals surface area contributed by atoms with Crippen molar-refractivity contribution in [1.82, 2.24) is 0 Å². The van der Waals surface area contributed by atoms with Gasteiger partial charge in [-0.2, -0.15) is 0 Å². The average Bonchev–Trinajstić information content (AvgIpc) is 0.858. The lowest BCUT2D eigenvalue weighted by Crippen LogP contribution is -1.87. The predicted octanol–water partition coefficient (Wildman–Crippen LogP) is 43.9. The molecule has 3 rings (SSSR count). The highest BCUT2D eigenvalue weighted by molar-refractivity contribution is 5.23. The van der Waals surface area contributed by atoms with Crippen LogP contribution in [0.4, 0.5) is 0 Å². The van der Waals surface area contributed by atoms with E-state index in [4.69, 9.17) is 33.2 Å². The van der Waals surface area contributed by atoms with Gasteiger partial charge in [-0.25, -0.2) is 0 Å². The Hall–Kier alpha value is -2.66. The Morgan fingerprint density at radius 3 is 0.429 bits per heavy atom. The zero-order valence-electron chi connectivity index (χ0n) is 99.4. The van der Waals surface area contributed by atoms with Gasteiger partial charge in [-0.05, 0) is 105 Å². The van der Waals surface area contributed by atoms with E-state index < -0.39 is 0 Å². The molecular formula is C125H262O8. The Kier molecular flexibility index (Phi) is 232. The van der Waals surface area contributed by atoms with Gasteiger partial charge in [0.1, 0.15) is 0 Å². The van der Waals surface area contributed by atoms with E-state index in [0.717, 1.165) is 59.3 Å². The minimum Gasteiger partial charge on any atom is -0.385 e. The number of aryl methyl sites for hydroxylation is 6. The second-order valence-corrected chi connectivity index (χ2v) is 35.8. The molecule has 133 heavy (non-hydrogen) atoms. The zero-order valence-corrected chi connectivity index (χ0v) is 99.4. The van der Waals surface area contributed by atoms with Crippen LogP contribution in [0.25, 0.3) is 0 Å². The molecular weight excluding hydrogens is 1630 g/mol. The van der Waals surface area contributed by atoms with E-state index in [1.165, 1.54) is 431 Å². The fourth-order valence-electron chi connectivity index (χ4n) is 11.5. The summed E-state index contributed by atoms with van der Waals surface area (Å²) < 4.78 is 38.6. The van der Waals surface area contributed by atoms with Crippen LogP contribution in [0.1, 0.15) is 590 Å². The third kappa shape index (κ3) is 246. The van der Waals surface area contributed by atoms with Crippen molar-refractivity contribution in [3.8, 4) is 0 Å². The lowest BCUT2D eigenvalue weighted by atomic mass is 10.1. The first-order valence-electron chi connectivity index (χ1n) is 57.6. The van der Waals surface area contributed by atoms with Gasteiger partial charge in [-0.1, -0.05) is 600 Å². The summed E-state index contributed by atoms with van der Waals surface area (Å²) in [5.41, 5.74) is 8.07. The maximum absolute atomic E-state index is 4.97. The summed E-state index contributed by atoms with van der Waals surface area (Å²) in [5, 5.41) is 0. The minimum atomic E-state index is 0.819. The van der Waals surface area contributed by atoms with Gasteiger partial charge >= 0.3 is 0 Å². The van der Waals surface area contributed by atoms with Crippen LogP contribution in [0, 0.1) is 41.5 Å². The van der Waals surface area contributed by atoms with Crippen molar-refractivity contribution >= 4 is 0 Å².